The monoisotopic (exact) mass is 395 g/mol. The van der Waals surface area contributed by atoms with E-state index >= 15 is 0 Å². The molecule has 0 spiro atoms. The van der Waals surface area contributed by atoms with Crippen molar-refractivity contribution in [2.75, 3.05) is 18.6 Å². The van der Waals surface area contributed by atoms with Crippen LogP contribution in [0.2, 0.25) is 0 Å². The van der Waals surface area contributed by atoms with Gasteiger partial charge in [-0.25, -0.2) is 4.79 Å². The van der Waals surface area contributed by atoms with E-state index in [1.165, 1.54) is 0 Å². The maximum atomic E-state index is 14.2. The first kappa shape index (κ1) is 19.7. The highest BCUT2D eigenvalue weighted by Gasteiger charge is 2.32. The van der Waals surface area contributed by atoms with Gasteiger partial charge in [0.15, 0.2) is 0 Å². The Morgan fingerprint density at radius 1 is 1.18 bits per heavy atom. The fourth-order valence-corrected chi connectivity index (χ4v) is 3.07. The number of anilines is 1. The number of para-hydroxylation sites is 1. The van der Waals surface area contributed by atoms with Gasteiger partial charge in [-0.1, -0.05) is 18.2 Å². The number of esters is 1. The molecule has 1 aromatic carbocycles. The van der Waals surface area contributed by atoms with E-state index in [-0.39, 0.29) is 13.0 Å². The number of ether oxygens (including phenoxy) is 1. The fraction of sp³-hybridized carbons (Fsp3) is 0.263. The van der Waals surface area contributed by atoms with Crippen molar-refractivity contribution in [3.8, 4) is 0 Å². The van der Waals surface area contributed by atoms with Gasteiger partial charge in [0.05, 0.1) is 6.61 Å². The number of likely N-dealkylation sites (N-methyl/N-ethyl adjacent to an activating group) is 1. The van der Waals surface area contributed by atoms with E-state index in [2.05, 4.69) is 9.97 Å². The topological polar surface area (TPSA) is 58.2 Å². The second kappa shape index (κ2) is 7.87. The van der Waals surface area contributed by atoms with Gasteiger partial charge in [0.25, 0.3) is 11.9 Å². The lowest BCUT2D eigenvalue weighted by atomic mass is 10.0. The Morgan fingerprint density at radius 3 is 2.46 bits per heavy atom. The van der Waals surface area contributed by atoms with Gasteiger partial charge in [0.1, 0.15) is 11.7 Å². The zero-order valence-corrected chi connectivity index (χ0v) is 15.1. The summed E-state index contributed by atoms with van der Waals surface area (Å²) in [7, 11) is 1.16. The Bertz CT molecular complexity index is 996. The molecule has 1 N–H and O–H groups in total. The second-order valence-electron chi connectivity index (χ2n) is 6.11. The molecular weight excluding hydrogens is 378 g/mol. The van der Waals surface area contributed by atoms with Crippen LogP contribution in [0.4, 0.5) is 23.2 Å². The number of halogens is 4. The van der Waals surface area contributed by atoms with Crippen LogP contribution in [0.1, 0.15) is 12.5 Å². The number of hydrogen-bond acceptors (Lipinski definition) is 4. The number of hydrogen-bond donors (Lipinski definition) is 1. The predicted octanol–water partition coefficient (Wildman–Crippen LogP) is 3.73. The van der Waals surface area contributed by atoms with Crippen LogP contribution in [0.15, 0.2) is 30.5 Å². The Labute approximate surface area is 157 Å². The number of carbonyl (C=O) groups is 1. The smallest absolute Gasteiger partial charge is 0.329 e. The van der Waals surface area contributed by atoms with Crippen molar-refractivity contribution in [3.05, 3.63) is 59.6 Å². The summed E-state index contributed by atoms with van der Waals surface area (Å²) in [5.74, 6) is -7.75. The summed E-state index contributed by atoms with van der Waals surface area (Å²) >= 11 is 0. The van der Waals surface area contributed by atoms with Crippen LogP contribution in [0.25, 0.3) is 10.9 Å². The van der Waals surface area contributed by atoms with E-state index in [0.29, 0.717) is 5.56 Å². The normalized spacial score (nSPS) is 12.2. The van der Waals surface area contributed by atoms with E-state index in [4.69, 9.17) is 4.74 Å². The highest BCUT2D eigenvalue weighted by atomic mass is 19.2. The van der Waals surface area contributed by atoms with Crippen molar-refractivity contribution in [1.82, 2.24) is 9.97 Å². The first-order chi connectivity index (χ1) is 13.3. The maximum Gasteiger partial charge on any atom is 0.329 e. The summed E-state index contributed by atoms with van der Waals surface area (Å²) in [6.45, 7) is 1.61. The van der Waals surface area contributed by atoms with Gasteiger partial charge in [-0.05, 0) is 18.6 Å². The Morgan fingerprint density at radius 2 is 1.82 bits per heavy atom. The minimum Gasteiger partial charge on any atom is -0.464 e. The van der Waals surface area contributed by atoms with Crippen LogP contribution in [-0.2, 0) is 16.0 Å². The lowest BCUT2D eigenvalue weighted by Crippen LogP contribution is -2.42. The van der Waals surface area contributed by atoms with Gasteiger partial charge < -0.3 is 14.6 Å². The molecule has 0 saturated carbocycles. The molecular formula is C19H17F4N3O2. The lowest BCUT2D eigenvalue weighted by Gasteiger charge is -2.28. The van der Waals surface area contributed by atoms with Crippen molar-refractivity contribution >= 4 is 22.6 Å². The maximum absolute atomic E-state index is 14.2. The van der Waals surface area contributed by atoms with Crippen molar-refractivity contribution < 1.29 is 27.1 Å². The number of aromatic nitrogens is 2. The molecule has 0 aliphatic carbocycles. The van der Waals surface area contributed by atoms with Crippen molar-refractivity contribution in [2.45, 2.75) is 19.4 Å². The predicted molar refractivity (Wildman–Crippen MR) is 94.9 cm³/mol. The molecule has 3 aromatic rings. The molecule has 1 atom stereocenters. The van der Waals surface area contributed by atoms with Crippen molar-refractivity contribution in [1.29, 1.82) is 0 Å². The van der Waals surface area contributed by atoms with Gasteiger partial charge >= 0.3 is 5.97 Å². The molecule has 2 heterocycles. The van der Waals surface area contributed by atoms with Gasteiger partial charge in [-0.2, -0.15) is 22.5 Å². The number of benzene rings is 1. The van der Waals surface area contributed by atoms with Crippen molar-refractivity contribution in [2.24, 2.45) is 0 Å². The van der Waals surface area contributed by atoms with Crippen LogP contribution in [0.5, 0.6) is 0 Å². The largest absolute Gasteiger partial charge is 0.464 e. The van der Waals surface area contributed by atoms with Crippen LogP contribution in [-0.4, -0.2) is 35.6 Å². The molecule has 148 valence electrons. The Balaban J connectivity index is 2.05. The number of nitrogens with zero attached hydrogens (tertiary/aromatic N) is 2. The second-order valence-corrected chi connectivity index (χ2v) is 6.11. The molecule has 0 amide bonds. The first-order valence-electron chi connectivity index (χ1n) is 8.49. The number of pyridine rings is 1. The number of aromatic amines is 1. The number of H-pyrrole nitrogens is 1. The van der Waals surface area contributed by atoms with Crippen LogP contribution >= 0.6 is 0 Å². The average Bonchev–Trinajstić information content (AvgIpc) is 3.07. The minimum absolute atomic E-state index is 0.0101. The molecule has 28 heavy (non-hydrogen) atoms. The molecule has 1 unspecified atom stereocenters. The van der Waals surface area contributed by atoms with Gasteiger partial charge in [-0.3, -0.25) is 0 Å². The number of fused-ring (bicyclic) bond motifs is 1. The zero-order chi connectivity index (χ0) is 20.4. The third kappa shape index (κ3) is 3.51. The molecule has 2 aromatic heterocycles. The van der Waals surface area contributed by atoms with Crippen LogP contribution < -0.4 is 4.90 Å². The molecule has 5 nitrogen and oxygen atoms in total. The molecule has 0 radical (unpaired) electrons. The minimum atomic E-state index is -1.80. The van der Waals surface area contributed by atoms with E-state index in [1.54, 1.807) is 19.2 Å². The van der Waals surface area contributed by atoms with Gasteiger partial charge in [-0.15, -0.1) is 0 Å². The molecule has 9 heteroatoms. The summed E-state index contributed by atoms with van der Waals surface area (Å²) in [5.41, 5.74) is 0.459. The third-order valence-corrected chi connectivity index (χ3v) is 4.44. The summed E-state index contributed by atoms with van der Waals surface area (Å²) in [6.07, 6.45) is 1.65. The van der Waals surface area contributed by atoms with Gasteiger partial charge in [0.2, 0.25) is 11.6 Å². The van der Waals surface area contributed by atoms with E-state index in [1.807, 2.05) is 18.2 Å². The summed E-state index contributed by atoms with van der Waals surface area (Å²) < 4.78 is 60.5. The molecule has 0 aliphatic rings. The Hall–Kier alpha value is -3.10. The third-order valence-electron chi connectivity index (χ3n) is 4.44. The quantitative estimate of drug-likeness (QED) is 0.393. The van der Waals surface area contributed by atoms with E-state index < -0.39 is 41.2 Å². The summed E-state index contributed by atoms with van der Waals surface area (Å²) in [5, 5.41) is 0.804. The van der Waals surface area contributed by atoms with Crippen molar-refractivity contribution in [3.63, 3.8) is 0 Å². The molecule has 3 rings (SSSR count). The van der Waals surface area contributed by atoms with Crippen LogP contribution in [0.3, 0.4) is 0 Å². The number of rotatable bonds is 6. The average molecular weight is 395 g/mol. The van der Waals surface area contributed by atoms with Gasteiger partial charge in [0, 0.05) is 30.6 Å². The standard InChI is InChI=1S/C19H17F4N3O2/c1-3-28-19(27)13(8-10-9-24-12-7-5-4-6-11(10)12)26(2)16-14(20)17(22)25-18(23)15(16)21/h4-7,9,13,24H,3,8H2,1-2H3. The SMILES string of the molecule is CCOC(=O)C(Cc1c[nH]c2ccccc12)N(C)c1c(F)c(F)nc(F)c1F. The Kier molecular flexibility index (Phi) is 5.53. The first-order valence-corrected chi connectivity index (χ1v) is 8.49. The number of nitrogens with one attached hydrogen (secondary N) is 1. The van der Waals surface area contributed by atoms with Crippen LogP contribution in [0, 0.1) is 23.5 Å². The summed E-state index contributed by atoms with van der Waals surface area (Å²) in [6, 6.07) is 6.04. The van der Waals surface area contributed by atoms with E-state index in [9.17, 15) is 22.4 Å². The molecule has 0 fully saturated rings. The zero-order valence-electron chi connectivity index (χ0n) is 15.1. The highest BCUT2D eigenvalue weighted by molar-refractivity contribution is 5.86. The molecule has 0 bridgehead atoms. The fourth-order valence-electron chi connectivity index (χ4n) is 3.07. The van der Waals surface area contributed by atoms with E-state index in [0.717, 1.165) is 22.9 Å². The summed E-state index contributed by atoms with van der Waals surface area (Å²) in [4.78, 5) is 18.9. The number of carbonyl (C=O) groups excluding carboxylic acids is 1. The lowest BCUT2D eigenvalue weighted by molar-refractivity contribution is -0.144. The molecule has 0 aliphatic heterocycles. The highest BCUT2D eigenvalue weighted by Crippen LogP contribution is 2.29. The molecule has 0 saturated heterocycles.